The van der Waals surface area contributed by atoms with E-state index in [1.807, 2.05) is 17.5 Å². The van der Waals surface area contributed by atoms with Crippen LogP contribution in [0.5, 0.6) is 0 Å². The van der Waals surface area contributed by atoms with Crippen molar-refractivity contribution in [2.45, 2.75) is 77.7 Å². The number of hydrogen-bond acceptors (Lipinski definition) is 3. The fourth-order valence-electron chi connectivity index (χ4n) is 2.56. The molecule has 4 nitrogen and oxygen atoms in total. The predicted octanol–water partition coefficient (Wildman–Crippen LogP) is 4.40. The molecule has 1 rings (SSSR count). The first-order chi connectivity index (χ1) is 11.7. The highest BCUT2D eigenvalue weighted by molar-refractivity contribution is 7.09. The first-order valence-electron chi connectivity index (χ1n) is 9.32. The van der Waals surface area contributed by atoms with E-state index >= 15 is 0 Å². The first-order valence-corrected chi connectivity index (χ1v) is 10.2. The van der Waals surface area contributed by atoms with Crippen LogP contribution in [0.3, 0.4) is 0 Å². The van der Waals surface area contributed by atoms with Gasteiger partial charge in [-0.05, 0) is 17.9 Å². The van der Waals surface area contributed by atoms with Gasteiger partial charge in [0.1, 0.15) is 0 Å². The highest BCUT2D eigenvalue weighted by Crippen LogP contribution is 2.10. The summed E-state index contributed by atoms with van der Waals surface area (Å²) in [7, 11) is 0. The van der Waals surface area contributed by atoms with Gasteiger partial charge in [-0.2, -0.15) is 0 Å². The van der Waals surface area contributed by atoms with Crippen LogP contribution >= 0.6 is 11.3 Å². The van der Waals surface area contributed by atoms with E-state index in [0.29, 0.717) is 13.1 Å². The monoisotopic (exact) mass is 352 g/mol. The zero-order chi connectivity index (χ0) is 17.5. The number of amides is 2. The molecule has 2 amide bonds. The lowest BCUT2D eigenvalue weighted by Crippen LogP contribution is -2.39. The molecule has 1 aromatic rings. The second-order valence-electron chi connectivity index (χ2n) is 6.20. The molecule has 1 heterocycles. The van der Waals surface area contributed by atoms with Gasteiger partial charge < -0.3 is 10.6 Å². The predicted molar refractivity (Wildman–Crippen MR) is 101 cm³/mol. The van der Waals surface area contributed by atoms with Crippen molar-refractivity contribution in [3.63, 3.8) is 0 Å². The standard InChI is InChI=1S/C19H32N2O2S/c1-2-3-4-5-6-7-8-9-10-11-14-20-18(22)19(23)21-16-17-13-12-15-24-17/h12-13,15H,2-11,14,16H2,1H3,(H,20,22)(H,21,23). The Morgan fingerprint density at radius 2 is 1.46 bits per heavy atom. The molecule has 0 aliphatic heterocycles. The maximum atomic E-state index is 11.6. The molecule has 1 aromatic heterocycles. The smallest absolute Gasteiger partial charge is 0.309 e. The Morgan fingerprint density at radius 1 is 0.875 bits per heavy atom. The molecule has 5 heteroatoms. The van der Waals surface area contributed by atoms with Gasteiger partial charge in [0.25, 0.3) is 0 Å². The Bertz CT molecular complexity index is 446. The van der Waals surface area contributed by atoms with Gasteiger partial charge in [0.2, 0.25) is 0 Å². The molecule has 0 unspecified atom stereocenters. The number of carbonyl (C=O) groups excluding carboxylic acids is 2. The van der Waals surface area contributed by atoms with E-state index in [-0.39, 0.29) is 0 Å². The van der Waals surface area contributed by atoms with Crippen molar-refractivity contribution in [1.82, 2.24) is 10.6 Å². The third-order valence-electron chi connectivity index (χ3n) is 4.03. The minimum atomic E-state index is -0.546. The fourth-order valence-corrected chi connectivity index (χ4v) is 3.20. The number of rotatable bonds is 13. The maximum Gasteiger partial charge on any atom is 0.309 e. The quantitative estimate of drug-likeness (QED) is 0.408. The molecule has 0 saturated heterocycles. The molecule has 0 radical (unpaired) electrons. The van der Waals surface area contributed by atoms with E-state index in [9.17, 15) is 9.59 Å². The first kappa shape index (κ1) is 20.7. The van der Waals surface area contributed by atoms with Gasteiger partial charge in [0.05, 0.1) is 6.54 Å². The minimum Gasteiger partial charge on any atom is -0.348 e. The average molecular weight is 353 g/mol. The van der Waals surface area contributed by atoms with Gasteiger partial charge in [-0.25, -0.2) is 0 Å². The summed E-state index contributed by atoms with van der Waals surface area (Å²) >= 11 is 1.57. The summed E-state index contributed by atoms with van der Waals surface area (Å²) in [6.07, 6.45) is 12.6. The second-order valence-corrected chi connectivity index (χ2v) is 7.23. The maximum absolute atomic E-state index is 11.6. The van der Waals surface area contributed by atoms with Crippen molar-refractivity contribution in [2.24, 2.45) is 0 Å². The number of hydrogen-bond donors (Lipinski definition) is 2. The second kappa shape index (κ2) is 14.0. The molecule has 0 saturated carbocycles. The molecular formula is C19H32N2O2S. The van der Waals surface area contributed by atoms with Gasteiger partial charge >= 0.3 is 11.8 Å². The summed E-state index contributed by atoms with van der Waals surface area (Å²) in [6.45, 7) is 3.25. The van der Waals surface area contributed by atoms with Crippen LogP contribution in [0.15, 0.2) is 17.5 Å². The lowest BCUT2D eigenvalue weighted by molar-refractivity contribution is -0.139. The summed E-state index contributed by atoms with van der Waals surface area (Å²) in [6, 6.07) is 3.87. The topological polar surface area (TPSA) is 58.2 Å². The van der Waals surface area contributed by atoms with Crippen LogP contribution in [0.4, 0.5) is 0 Å². The summed E-state index contributed by atoms with van der Waals surface area (Å²) in [4.78, 5) is 24.3. The Hall–Kier alpha value is -1.36. The molecular weight excluding hydrogens is 320 g/mol. The van der Waals surface area contributed by atoms with Crippen molar-refractivity contribution in [3.8, 4) is 0 Å². The van der Waals surface area contributed by atoms with E-state index < -0.39 is 11.8 Å². The Morgan fingerprint density at radius 3 is 2.04 bits per heavy atom. The summed E-state index contributed by atoms with van der Waals surface area (Å²) in [5.74, 6) is -1.07. The van der Waals surface area contributed by atoms with Crippen LogP contribution in [0.2, 0.25) is 0 Å². The van der Waals surface area contributed by atoms with E-state index in [0.717, 1.165) is 17.7 Å². The van der Waals surface area contributed by atoms with Crippen LogP contribution < -0.4 is 10.6 Å². The molecule has 0 aromatic carbocycles. The van der Waals surface area contributed by atoms with Gasteiger partial charge in [-0.15, -0.1) is 11.3 Å². The van der Waals surface area contributed by atoms with Crippen LogP contribution in [-0.2, 0) is 16.1 Å². The SMILES string of the molecule is CCCCCCCCCCCCNC(=O)C(=O)NCc1cccs1. The van der Waals surface area contributed by atoms with E-state index in [4.69, 9.17) is 0 Å². The van der Waals surface area contributed by atoms with E-state index in [1.165, 1.54) is 51.4 Å². The Balaban J connectivity index is 1.89. The van der Waals surface area contributed by atoms with E-state index in [2.05, 4.69) is 17.6 Å². The minimum absolute atomic E-state index is 0.419. The average Bonchev–Trinajstić information content (AvgIpc) is 3.10. The zero-order valence-electron chi connectivity index (χ0n) is 14.9. The Kier molecular flexibility index (Phi) is 12.1. The van der Waals surface area contributed by atoms with Crippen molar-refractivity contribution in [3.05, 3.63) is 22.4 Å². The molecule has 0 aliphatic carbocycles. The van der Waals surface area contributed by atoms with Gasteiger partial charge in [0.15, 0.2) is 0 Å². The highest BCUT2D eigenvalue weighted by Gasteiger charge is 2.11. The number of carbonyl (C=O) groups is 2. The van der Waals surface area contributed by atoms with Gasteiger partial charge in [-0.1, -0.05) is 70.8 Å². The Labute approximate surface area is 150 Å². The molecule has 0 aliphatic rings. The van der Waals surface area contributed by atoms with Crippen molar-refractivity contribution in [2.75, 3.05) is 6.54 Å². The molecule has 0 atom stereocenters. The summed E-state index contributed by atoms with van der Waals surface area (Å²) in [5, 5.41) is 7.28. The zero-order valence-corrected chi connectivity index (χ0v) is 15.8. The molecule has 2 N–H and O–H groups in total. The normalized spacial score (nSPS) is 10.5. The third kappa shape index (κ3) is 10.4. The number of thiophene rings is 1. The molecule has 0 fully saturated rings. The highest BCUT2D eigenvalue weighted by atomic mass is 32.1. The lowest BCUT2D eigenvalue weighted by Gasteiger charge is -2.06. The van der Waals surface area contributed by atoms with Crippen LogP contribution in [0.25, 0.3) is 0 Å². The fraction of sp³-hybridized carbons (Fsp3) is 0.684. The number of nitrogens with one attached hydrogen (secondary N) is 2. The van der Waals surface area contributed by atoms with Crippen LogP contribution in [0, 0.1) is 0 Å². The van der Waals surface area contributed by atoms with Gasteiger partial charge in [-0.3, -0.25) is 9.59 Å². The van der Waals surface area contributed by atoms with Crippen LogP contribution in [0.1, 0.15) is 76.0 Å². The molecule has 0 spiro atoms. The van der Waals surface area contributed by atoms with Crippen molar-refractivity contribution in [1.29, 1.82) is 0 Å². The number of unbranched alkanes of at least 4 members (excludes halogenated alkanes) is 9. The lowest BCUT2D eigenvalue weighted by atomic mass is 10.1. The summed E-state index contributed by atoms with van der Waals surface area (Å²) < 4.78 is 0. The van der Waals surface area contributed by atoms with E-state index in [1.54, 1.807) is 11.3 Å². The third-order valence-corrected chi connectivity index (χ3v) is 4.90. The molecule has 0 bridgehead atoms. The van der Waals surface area contributed by atoms with Gasteiger partial charge in [0, 0.05) is 11.4 Å². The molecule has 136 valence electrons. The van der Waals surface area contributed by atoms with Crippen LogP contribution in [-0.4, -0.2) is 18.4 Å². The largest absolute Gasteiger partial charge is 0.348 e. The molecule has 24 heavy (non-hydrogen) atoms. The van der Waals surface area contributed by atoms with Crippen molar-refractivity contribution >= 4 is 23.2 Å². The van der Waals surface area contributed by atoms with Crippen molar-refractivity contribution < 1.29 is 9.59 Å². The summed E-state index contributed by atoms with van der Waals surface area (Å²) in [5.41, 5.74) is 0.